The zero-order valence-corrected chi connectivity index (χ0v) is 32.4. The van der Waals surface area contributed by atoms with Gasteiger partial charge in [0.1, 0.15) is 0 Å². The van der Waals surface area contributed by atoms with E-state index in [1.807, 2.05) is 0 Å². The molecule has 0 fully saturated rings. The van der Waals surface area contributed by atoms with Crippen molar-refractivity contribution in [2.24, 2.45) is 0 Å². The summed E-state index contributed by atoms with van der Waals surface area (Å²) < 4.78 is 7.00. The van der Waals surface area contributed by atoms with Gasteiger partial charge in [0.15, 0.2) is 11.5 Å². The van der Waals surface area contributed by atoms with Gasteiger partial charge >= 0.3 is 0 Å². The first kappa shape index (κ1) is 32.8. The number of aryl methyl sites for hydroxylation is 1. The van der Waals surface area contributed by atoms with Crippen molar-refractivity contribution in [2.75, 3.05) is 9.80 Å². The fourth-order valence-corrected chi connectivity index (χ4v) is 9.88. The summed E-state index contributed by atoms with van der Waals surface area (Å²) in [5.41, 5.74) is 17.7. The molecule has 3 aliphatic rings. The molecule has 56 heavy (non-hydrogen) atoms. The van der Waals surface area contributed by atoms with Crippen LogP contribution in [-0.2, 0) is 10.8 Å². The molecular weight excluding hydrogens is 681 g/mol. The lowest BCUT2D eigenvalue weighted by Gasteiger charge is -2.46. The molecule has 8 aromatic carbocycles. The largest absolute Gasteiger partial charge is 0.452 e. The second-order valence-electron chi connectivity index (χ2n) is 16.6. The van der Waals surface area contributed by atoms with Gasteiger partial charge in [-0.2, -0.15) is 0 Å². The van der Waals surface area contributed by atoms with E-state index in [4.69, 9.17) is 4.74 Å². The maximum atomic E-state index is 7.00. The number of hydrogen-bond acceptors (Lipinski definition) is 3. The molecule has 3 heteroatoms. The number of para-hydroxylation sites is 1. The molecule has 0 saturated carbocycles. The van der Waals surface area contributed by atoms with Gasteiger partial charge in [-0.25, -0.2) is 0 Å². The summed E-state index contributed by atoms with van der Waals surface area (Å²) in [4.78, 5) is 4.98. The van der Waals surface area contributed by atoms with Crippen LogP contribution < -0.4 is 14.5 Å². The van der Waals surface area contributed by atoms with Gasteiger partial charge in [-0.1, -0.05) is 155 Å². The molecule has 0 N–H and O–H groups in total. The van der Waals surface area contributed by atoms with Crippen molar-refractivity contribution in [3.8, 4) is 33.8 Å². The Morgan fingerprint density at radius 3 is 2.04 bits per heavy atom. The predicted octanol–water partition coefficient (Wildman–Crippen LogP) is 14.8. The molecule has 0 aromatic heterocycles. The second-order valence-corrected chi connectivity index (χ2v) is 16.6. The molecule has 11 rings (SSSR count). The lowest BCUT2D eigenvalue weighted by Crippen LogP contribution is -2.33. The Morgan fingerprint density at radius 2 is 1.16 bits per heavy atom. The first-order chi connectivity index (χ1) is 27.2. The Hall–Kier alpha value is -6.58. The van der Waals surface area contributed by atoms with Gasteiger partial charge in [0.05, 0.1) is 22.7 Å². The smallest absolute Gasteiger partial charge is 0.159 e. The number of ether oxygens (including phenoxy) is 1. The maximum Gasteiger partial charge on any atom is 0.159 e. The molecule has 2 heterocycles. The summed E-state index contributed by atoms with van der Waals surface area (Å²) >= 11 is 0. The average Bonchev–Trinajstić information content (AvgIpc) is 3.45. The van der Waals surface area contributed by atoms with Crippen LogP contribution in [0.3, 0.4) is 0 Å². The third-order valence-corrected chi connectivity index (χ3v) is 12.7. The molecule has 270 valence electrons. The number of anilines is 6. The molecular formula is C53H42N2O. The van der Waals surface area contributed by atoms with Gasteiger partial charge < -0.3 is 14.5 Å². The first-order valence-corrected chi connectivity index (χ1v) is 19.7. The van der Waals surface area contributed by atoms with E-state index in [1.165, 1.54) is 55.4 Å². The van der Waals surface area contributed by atoms with Gasteiger partial charge in [-0.3, -0.25) is 0 Å². The van der Waals surface area contributed by atoms with Crippen LogP contribution in [0.1, 0.15) is 55.5 Å². The number of hydrogen-bond donors (Lipinski definition) is 0. The van der Waals surface area contributed by atoms with Crippen LogP contribution in [0, 0.1) is 6.92 Å². The zero-order valence-electron chi connectivity index (χ0n) is 32.4. The molecule has 0 saturated heterocycles. The third-order valence-electron chi connectivity index (χ3n) is 12.7. The van der Waals surface area contributed by atoms with E-state index in [1.54, 1.807) is 0 Å². The zero-order chi connectivity index (χ0) is 37.9. The lowest BCUT2D eigenvalue weighted by atomic mass is 9.73. The van der Waals surface area contributed by atoms with Crippen molar-refractivity contribution < 1.29 is 4.74 Å². The Bertz CT molecular complexity index is 2920. The molecule has 3 nitrogen and oxygen atoms in total. The van der Waals surface area contributed by atoms with E-state index in [9.17, 15) is 0 Å². The van der Waals surface area contributed by atoms with E-state index in [0.717, 1.165) is 51.1 Å². The highest BCUT2D eigenvalue weighted by Crippen LogP contribution is 2.63. The van der Waals surface area contributed by atoms with Crippen molar-refractivity contribution in [1.29, 1.82) is 0 Å². The minimum atomic E-state index is -0.269. The predicted molar refractivity (Wildman–Crippen MR) is 233 cm³/mol. The van der Waals surface area contributed by atoms with Crippen LogP contribution in [0.2, 0.25) is 0 Å². The van der Waals surface area contributed by atoms with E-state index in [-0.39, 0.29) is 10.8 Å². The summed E-state index contributed by atoms with van der Waals surface area (Å²) in [5, 5.41) is 2.43. The van der Waals surface area contributed by atoms with Crippen LogP contribution in [-0.4, -0.2) is 0 Å². The molecule has 0 unspecified atom stereocenters. The monoisotopic (exact) mass is 722 g/mol. The standard InChI is InChI=1S/C53H42N2O/c1-33-25-28-39(35-15-7-6-8-16-35)51-49(33)55-47-32-37(27-30-43(47)53(4,5)44-22-14-24-48(56-51)50(44)55)54(46-23-13-18-34-17-9-10-19-38(34)46)36-26-29-41-40-20-11-12-21-42(40)52(2,3)45(41)31-36/h6-32H,1-5H3. The summed E-state index contributed by atoms with van der Waals surface area (Å²) in [6, 6.07) is 60.1. The van der Waals surface area contributed by atoms with Crippen LogP contribution in [0.25, 0.3) is 33.0 Å². The molecule has 2 aliphatic heterocycles. The van der Waals surface area contributed by atoms with Gasteiger partial charge in [-0.15, -0.1) is 0 Å². The van der Waals surface area contributed by atoms with E-state index in [2.05, 4.69) is 208 Å². The molecule has 1 aliphatic carbocycles. The maximum absolute atomic E-state index is 7.00. The summed E-state index contributed by atoms with van der Waals surface area (Å²) in [5.74, 6) is 1.77. The van der Waals surface area contributed by atoms with Crippen molar-refractivity contribution >= 4 is 44.9 Å². The fraction of sp³-hybridized carbons (Fsp3) is 0.132. The summed E-state index contributed by atoms with van der Waals surface area (Å²) in [7, 11) is 0. The van der Waals surface area contributed by atoms with Crippen LogP contribution in [0.15, 0.2) is 164 Å². The number of rotatable bonds is 4. The normalized spacial score (nSPS) is 14.9. The highest BCUT2D eigenvalue weighted by Gasteiger charge is 2.43. The van der Waals surface area contributed by atoms with Crippen LogP contribution in [0.5, 0.6) is 11.5 Å². The lowest BCUT2D eigenvalue weighted by molar-refractivity contribution is 0.472. The summed E-state index contributed by atoms with van der Waals surface area (Å²) in [6.45, 7) is 11.6. The minimum Gasteiger partial charge on any atom is -0.452 e. The van der Waals surface area contributed by atoms with E-state index < -0.39 is 0 Å². The Balaban J connectivity index is 1.17. The van der Waals surface area contributed by atoms with Gasteiger partial charge in [0.25, 0.3) is 0 Å². The van der Waals surface area contributed by atoms with Crippen molar-refractivity contribution in [3.05, 3.63) is 192 Å². The highest BCUT2D eigenvalue weighted by atomic mass is 16.5. The molecule has 0 radical (unpaired) electrons. The highest BCUT2D eigenvalue weighted by molar-refractivity contribution is 6.02. The molecule has 0 atom stereocenters. The topological polar surface area (TPSA) is 15.7 Å². The third kappa shape index (κ3) is 4.52. The van der Waals surface area contributed by atoms with Crippen molar-refractivity contribution in [1.82, 2.24) is 0 Å². The molecule has 0 amide bonds. The minimum absolute atomic E-state index is 0.127. The van der Waals surface area contributed by atoms with Gasteiger partial charge in [-0.05, 0) is 93.2 Å². The Labute approximate surface area is 329 Å². The van der Waals surface area contributed by atoms with Gasteiger partial charge in [0, 0.05) is 33.2 Å². The number of nitrogens with zero attached hydrogens (tertiary/aromatic N) is 2. The molecule has 0 spiro atoms. The molecule has 8 aromatic rings. The first-order valence-electron chi connectivity index (χ1n) is 19.7. The van der Waals surface area contributed by atoms with E-state index >= 15 is 0 Å². The molecule has 0 bridgehead atoms. The van der Waals surface area contributed by atoms with E-state index in [0.29, 0.717) is 0 Å². The number of fused-ring (bicyclic) bond motifs is 8. The SMILES string of the molecule is Cc1ccc(-c2ccccc2)c2c1N1c3cc(N(c4ccc5c(c4)C(C)(C)c4ccccc4-5)c4cccc5ccccc45)ccc3C(C)(C)c3cccc(c31)O2. The average molecular weight is 723 g/mol. The van der Waals surface area contributed by atoms with Crippen molar-refractivity contribution in [3.63, 3.8) is 0 Å². The quantitative estimate of drug-likeness (QED) is 0.180. The second kappa shape index (κ2) is 11.7. The fourth-order valence-electron chi connectivity index (χ4n) is 9.88. The number of benzene rings is 8. The Kier molecular flexibility index (Phi) is 6.86. The van der Waals surface area contributed by atoms with Crippen molar-refractivity contribution in [2.45, 2.75) is 45.4 Å². The Morgan fingerprint density at radius 1 is 0.500 bits per heavy atom. The van der Waals surface area contributed by atoms with Crippen LogP contribution >= 0.6 is 0 Å². The summed E-state index contributed by atoms with van der Waals surface area (Å²) in [6.07, 6.45) is 0. The van der Waals surface area contributed by atoms with Crippen LogP contribution in [0.4, 0.5) is 34.1 Å². The van der Waals surface area contributed by atoms with Gasteiger partial charge in [0.2, 0.25) is 0 Å².